The van der Waals surface area contributed by atoms with Gasteiger partial charge in [-0.25, -0.2) is 13.1 Å². The zero-order valence-electron chi connectivity index (χ0n) is 11.5. The van der Waals surface area contributed by atoms with E-state index in [0.29, 0.717) is 13.1 Å². The van der Waals surface area contributed by atoms with Crippen LogP contribution in [-0.2, 0) is 10.0 Å². The summed E-state index contributed by atoms with van der Waals surface area (Å²) in [6, 6.07) is 2.51. The van der Waals surface area contributed by atoms with E-state index in [0.717, 1.165) is 26.2 Å². The van der Waals surface area contributed by atoms with Crippen molar-refractivity contribution in [2.45, 2.75) is 4.90 Å². The average molecular weight is 300 g/mol. The van der Waals surface area contributed by atoms with Gasteiger partial charge in [-0.3, -0.25) is 9.69 Å². The number of hydrogen-bond donors (Lipinski definition) is 2. The Bertz CT molecular complexity index is 570. The van der Waals surface area contributed by atoms with Crippen molar-refractivity contribution < 1.29 is 8.42 Å². The largest absolute Gasteiger partial charge is 0.328 e. The van der Waals surface area contributed by atoms with Crippen molar-refractivity contribution in [3.05, 3.63) is 28.7 Å². The Hall–Kier alpha value is -1.22. The third kappa shape index (κ3) is 4.14. The molecule has 1 fully saturated rings. The smallest absolute Gasteiger partial charge is 0.247 e. The highest BCUT2D eigenvalue weighted by atomic mass is 32.2. The highest BCUT2D eigenvalue weighted by Gasteiger charge is 2.16. The molecule has 2 heterocycles. The molecule has 0 unspecified atom stereocenters. The second-order valence-corrected chi connectivity index (χ2v) is 6.70. The van der Waals surface area contributed by atoms with Gasteiger partial charge in [0.15, 0.2) is 0 Å². The summed E-state index contributed by atoms with van der Waals surface area (Å²) in [6.45, 7) is 4.98. The molecular formula is C12H20N4O3S. The maximum atomic E-state index is 12.0. The summed E-state index contributed by atoms with van der Waals surface area (Å²) in [7, 11) is -1.47. The first kappa shape index (κ1) is 15.2. The molecule has 2 N–H and O–H groups in total. The quantitative estimate of drug-likeness (QED) is 0.721. The number of rotatable bonds is 5. The van der Waals surface area contributed by atoms with Crippen LogP contribution in [0.3, 0.4) is 0 Å². The van der Waals surface area contributed by atoms with Gasteiger partial charge in [0.1, 0.15) is 0 Å². The second kappa shape index (κ2) is 6.49. The van der Waals surface area contributed by atoms with Crippen LogP contribution >= 0.6 is 0 Å². The molecule has 0 atom stereocenters. The lowest BCUT2D eigenvalue weighted by Gasteiger charge is -2.32. The summed E-state index contributed by atoms with van der Waals surface area (Å²) >= 11 is 0. The number of sulfonamides is 1. The number of likely N-dealkylation sites (N-methyl/N-ethyl adjacent to an activating group) is 1. The van der Waals surface area contributed by atoms with Gasteiger partial charge in [-0.05, 0) is 13.1 Å². The SMILES string of the molecule is CN1CCN(CCNS(=O)(=O)c2ccc(=O)[nH]c2)CC1. The van der Waals surface area contributed by atoms with E-state index in [2.05, 4.69) is 26.6 Å². The Morgan fingerprint density at radius 3 is 2.55 bits per heavy atom. The summed E-state index contributed by atoms with van der Waals surface area (Å²) in [5.41, 5.74) is -0.318. The minimum Gasteiger partial charge on any atom is -0.328 e. The summed E-state index contributed by atoms with van der Waals surface area (Å²) in [6.07, 6.45) is 1.21. The topological polar surface area (TPSA) is 85.5 Å². The lowest BCUT2D eigenvalue weighted by atomic mass is 10.3. The van der Waals surface area contributed by atoms with Crippen molar-refractivity contribution in [1.29, 1.82) is 0 Å². The molecule has 0 radical (unpaired) electrons. The van der Waals surface area contributed by atoms with Crippen molar-refractivity contribution in [2.24, 2.45) is 0 Å². The number of aromatic amines is 1. The molecule has 0 amide bonds. The van der Waals surface area contributed by atoms with E-state index in [1.54, 1.807) is 0 Å². The third-order valence-corrected chi connectivity index (χ3v) is 4.84. The first-order chi connectivity index (χ1) is 9.47. The minimum absolute atomic E-state index is 0.0791. The molecule has 0 saturated carbocycles. The van der Waals surface area contributed by atoms with Gasteiger partial charge in [-0.2, -0.15) is 0 Å². The molecule has 1 aliphatic rings. The predicted octanol–water partition coefficient (Wildman–Crippen LogP) is -1.10. The van der Waals surface area contributed by atoms with E-state index < -0.39 is 10.0 Å². The van der Waals surface area contributed by atoms with Crippen LogP contribution < -0.4 is 10.3 Å². The summed E-state index contributed by atoms with van der Waals surface area (Å²) in [5.74, 6) is 0. The van der Waals surface area contributed by atoms with Crippen LogP contribution in [0.5, 0.6) is 0 Å². The Morgan fingerprint density at radius 1 is 1.25 bits per heavy atom. The maximum absolute atomic E-state index is 12.0. The minimum atomic E-state index is -3.55. The number of piperazine rings is 1. The molecular weight excluding hydrogens is 280 g/mol. The van der Waals surface area contributed by atoms with Crippen LogP contribution in [0.2, 0.25) is 0 Å². The highest BCUT2D eigenvalue weighted by Crippen LogP contribution is 2.04. The molecule has 1 aliphatic heterocycles. The molecule has 1 aromatic rings. The van der Waals surface area contributed by atoms with Gasteiger partial charge in [-0.1, -0.05) is 0 Å². The Balaban J connectivity index is 1.84. The standard InChI is InChI=1S/C12H20N4O3S/c1-15-6-8-16(9-7-15)5-4-14-20(18,19)11-2-3-12(17)13-10-11/h2-3,10,14H,4-9H2,1H3,(H,13,17). The lowest BCUT2D eigenvalue weighted by molar-refractivity contribution is 0.156. The summed E-state index contributed by atoms with van der Waals surface area (Å²) in [4.78, 5) is 17.8. The van der Waals surface area contributed by atoms with E-state index in [1.165, 1.54) is 18.3 Å². The van der Waals surface area contributed by atoms with Crippen molar-refractivity contribution in [3.63, 3.8) is 0 Å². The van der Waals surface area contributed by atoms with Crippen molar-refractivity contribution in [3.8, 4) is 0 Å². The zero-order chi connectivity index (χ0) is 14.6. The van der Waals surface area contributed by atoms with E-state index in [9.17, 15) is 13.2 Å². The molecule has 1 saturated heterocycles. The molecule has 8 heteroatoms. The highest BCUT2D eigenvalue weighted by molar-refractivity contribution is 7.89. The molecule has 20 heavy (non-hydrogen) atoms. The van der Waals surface area contributed by atoms with Gasteiger partial charge in [0.25, 0.3) is 0 Å². The first-order valence-electron chi connectivity index (χ1n) is 6.57. The van der Waals surface area contributed by atoms with Gasteiger partial charge in [-0.15, -0.1) is 0 Å². The molecule has 7 nitrogen and oxygen atoms in total. The van der Waals surface area contributed by atoms with Crippen molar-refractivity contribution in [2.75, 3.05) is 46.3 Å². The number of nitrogens with zero attached hydrogens (tertiary/aromatic N) is 2. The Kier molecular flexibility index (Phi) is 4.92. The Labute approximate surface area is 118 Å². The van der Waals surface area contributed by atoms with Gasteiger partial charge < -0.3 is 9.88 Å². The van der Waals surface area contributed by atoms with E-state index in [-0.39, 0.29) is 10.5 Å². The zero-order valence-corrected chi connectivity index (χ0v) is 12.3. The summed E-state index contributed by atoms with van der Waals surface area (Å²) in [5, 5.41) is 0. The molecule has 112 valence electrons. The normalized spacial score (nSPS) is 18.2. The maximum Gasteiger partial charge on any atom is 0.247 e. The fraction of sp³-hybridized carbons (Fsp3) is 0.583. The number of pyridine rings is 1. The van der Waals surface area contributed by atoms with Gasteiger partial charge in [0.2, 0.25) is 15.6 Å². The van der Waals surface area contributed by atoms with Crippen LogP contribution in [0.1, 0.15) is 0 Å². The fourth-order valence-electron chi connectivity index (χ4n) is 2.06. The lowest BCUT2D eigenvalue weighted by Crippen LogP contribution is -2.46. The molecule has 1 aromatic heterocycles. The van der Waals surface area contributed by atoms with Crippen LogP contribution in [-0.4, -0.2) is 69.5 Å². The average Bonchev–Trinajstić information content (AvgIpc) is 2.41. The van der Waals surface area contributed by atoms with Gasteiger partial charge >= 0.3 is 0 Å². The molecule has 0 aliphatic carbocycles. The number of nitrogens with one attached hydrogen (secondary N) is 2. The van der Waals surface area contributed by atoms with Gasteiger partial charge in [0, 0.05) is 51.5 Å². The van der Waals surface area contributed by atoms with Crippen molar-refractivity contribution >= 4 is 10.0 Å². The van der Waals surface area contributed by atoms with E-state index >= 15 is 0 Å². The second-order valence-electron chi connectivity index (χ2n) is 4.93. The van der Waals surface area contributed by atoms with Crippen molar-refractivity contribution in [1.82, 2.24) is 19.5 Å². The molecule has 2 rings (SSSR count). The number of H-pyrrole nitrogens is 1. The van der Waals surface area contributed by atoms with E-state index in [4.69, 9.17) is 0 Å². The monoisotopic (exact) mass is 300 g/mol. The molecule has 0 bridgehead atoms. The fourth-order valence-corrected chi connectivity index (χ4v) is 3.04. The van der Waals surface area contributed by atoms with E-state index in [1.807, 2.05) is 0 Å². The number of hydrogen-bond acceptors (Lipinski definition) is 5. The molecule has 0 aromatic carbocycles. The first-order valence-corrected chi connectivity index (χ1v) is 8.05. The van der Waals surface area contributed by atoms with Crippen LogP contribution in [0.25, 0.3) is 0 Å². The summed E-state index contributed by atoms with van der Waals surface area (Å²) < 4.78 is 26.5. The number of aromatic nitrogens is 1. The molecule has 0 spiro atoms. The van der Waals surface area contributed by atoms with Crippen LogP contribution in [0.15, 0.2) is 28.0 Å². The Morgan fingerprint density at radius 2 is 1.95 bits per heavy atom. The van der Waals surface area contributed by atoms with Gasteiger partial charge in [0.05, 0.1) is 4.90 Å². The third-order valence-electron chi connectivity index (χ3n) is 3.38. The van der Waals surface area contributed by atoms with Crippen LogP contribution in [0.4, 0.5) is 0 Å². The van der Waals surface area contributed by atoms with Crippen LogP contribution in [0, 0.1) is 0 Å². The predicted molar refractivity (Wildman–Crippen MR) is 76.2 cm³/mol.